The smallest absolute Gasteiger partial charge is 0.417 e. The summed E-state index contributed by atoms with van der Waals surface area (Å²) in [6.45, 7) is 1.31. The number of halogens is 4. The average Bonchev–Trinajstić information content (AvgIpc) is 3.25. The molecule has 0 saturated carbocycles. The lowest BCUT2D eigenvalue weighted by atomic mass is 9.97. The molecule has 3 heterocycles. The summed E-state index contributed by atoms with van der Waals surface area (Å²) in [7, 11) is 0. The van der Waals surface area contributed by atoms with E-state index in [2.05, 4.69) is 15.6 Å². The molecule has 11 heteroatoms. The molecule has 0 aliphatic carbocycles. The molecule has 30 heavy (non-hydrogen) atoms. The Balaban J connectivity index is 1.45. The molecule has 0 radical (unpaired) electrons. The van der Waals surface area contributed by atoms with Crippen LogP contribution in [0.1, 0.15) is 29.0 Å². The molecule has 1 aliphatic heterocycles. The Morgan fingerprint density at radius 1 is 1.33 bits per heavy atom. The van der Waals surface area contributed by atoms with Crippen LogP contribution >= 0.6 is 11.6 Å². The number of likely N-dealkylation sites (tertiary alicyclic amines) is 1. The molecule has 162 valence electrons. The predicted molar refractivity (Wildman–Crippen MR) is 103 cm³/mol. The molecular formula is C19H20ClF3N4O3. The molecule has 1 aliphatic rings. The van der Waals surface area contributed by atoms with Crippen molar-refractivity contribution in [2.24, 2.45) is 5.92 Å². The van der Waals surface area contributed by atoms with Crippen molar-refractivity contribution < 1.29 is 27.2 Å². The lowest BCUT2D eigenvalue weighted by Gasteiger charge is -2.31. The SMILES string of the molecule is O=C(NCCNc1ncc(C(F)(F)F)cc1Cl)C1CCCN(C(=O)c2ccco2)C1. The van der Waals surface area contributed by atoms with Crippen LogP contribution in [-0.2, 0) is 11.0 Å². The van der Waals surface area contributed by atoms with Gasteiger partial charge < -0.3 is 20.0 Å². The van der Waals surface area contributed by atoms with Gasteiger partial charge in [0.2, 0.25) is 5.91 Å². The summed E-state index contributed by atoms with van der Waals surface area (Å²) in [5, 5.41) is 5.39. The average molecular weight is 445 g/mol. The molecule has 2 aromatic rings. The summed E-state index contributed by atoms with van der Waals surface area (Å²) in [5.74, 6) is -0.444. The summed E-state index contributed by atoms with van der Waals surface area (Å²) in [4.78, 5) is 30.1. The van der Waals surface area contributed by atoms with Crippen LogP contribution in [0.25, 0.3) is 0 Å². The van der Waals surface area contributed by atoms with E-state index in [4.69, 9.17) is 16.0 Å². The first-order chi connectivity index (χ1) is 14.3. The van der Waals surface area contributed by atoms with Crippen LogP contribution < -0.4 is 10.6 Å². The zero-order chi connectivity index (χ0) is 21.7. The Kier molecular flexibility index (Phi) is 6.86. The number of nitrogens with one attached hydrogen (secondary N) is 2. The molecule has 1 saturated heterocycles. The van der Waals surface area contributed by atoms with Crippen molar-refractivity contribution in [3.63, 3.8) is 0 Å². The van der Waals surface area contributed by atoms with Gasteiger partial charge in [-0.1, -0.05) is 11.6 Å². The molecule has 0 bridgehead atoms. The first-order valence-electron chi connectivity index (χ1n) is 9.33. The minimum atomic E-state index is -4.52. The van der Waals surface area contributed by atoms with E-state index in [1.807, 2.05) is 0 Å². The number of hydrogen-bond acceptors (Lipinski definition) is 5. The molecule has 0 aromatic carbocycles. The van der Waals surface area contributed by atoms with Crippen molar-refractivity contribution in [3.05, 3.63) is 47.0 Å². The fourth-order valence-electron chi connectivity index (χ4n) is 3.17. The maximum atomic E-state index is 12.6. The highest BCUT2D eigenvalue weighted by Crippen LogP contribution is 2.32. The number of hydrogen-bond donors (Lipinski definition) is 2. The highest BCUT2D eigenvalue weighted by Gasteiger charge is 2.32. The van der Waals surface area contributed by atoms with E-state index in [0.717, 1.165) is 6.07 Å². The third kappa shape index (κ3) is 5.44. The first-order valence-corrected chi connectivity index (χ1v) is 9.70. The second kappa shape index (κ2) is 9.38. The largest absolute Gasteiger partial charge is 0.459 e. The van der Waals surface area contributed by atoms with E-state index < -0.39 is 11.7 Å². The zero-order valence-electron chi connectivity index (χ0n) is 15.8. The van der Waals surface area contributed by atoms with Crippen LogP contribution in [0.2, 0.25) is 5.02 Å². The molecule has 1 unspecified atom stereocenters. The molecule has 1 fully saturated rings. The molecule has 0 spiro atoms. The van der Waals surface area contributed by atoms with Crippen molar-refractivity contribution in [3.8, 4) is 0 Å². The fraction of sp³-hybridized carbons (Fsp3) is 0.421. The molecular weight excluding hydrogens is 425 g/mol. The quantitative estimate of drug-likeness (QED) is 0.666. The zero-order valence-corrected chi connectivity index (χ0v) is 16.6. The number of nitrogens with zero attached hydrogens (tertiary/aromatic N) is 2. The van der Waals surface area contributed by atoms with Crippen molar-refractivity contribution in [1.82, 2.24) is 15.2 Å². The molecule has 7 nitrogen and oxygen atoms in total. The molecule has 2 N–H and O–H groups in total. The van der Waals surface area contributed by atoms with Crippen LogP contribution in [0.15, 0.2) is 35.1 Å². The lowest BCUT2D eigenvalue weighted by molar-refractivity contribution is -0.137. The van der Waals surface area contributed by atoms with Crippen molar-refractivity contribution >= 4 is 29.2 Å². The number of anilines is 1. The van der Waals surface area contributed by atoms with Gasteiger partial charge in [-0.05, 0) is 31.0 Å². The molecule has 3 rings (SSSR count). The van der Waals surface area contributed by atoms with Gasteiger partial charge in [0, 0.05) is 32.4 Å². The van der Waals surface area contributed by atoms with Crippen LogP contribution in [0.4, 0.5) is 19.0 Å². The fourth-order valence-corrected chi connectivity index (χ4v) is 3.40. The topological polar surface area (TPSA) is 87.5 Å². The second-order valence-corrected chi connectivity index (χ2v) is 7.24. The monoisotopic (exact) mass is 444 g/mol. The number of carbonyl (C=O) groups is 2. The molecule has 1 atom stereocenters. The number of pyridine rings is 1. The number of aromatic nitrogens is 1. The number of furan rings is 1. The summed E-state index contributed by atoms with van der Waals surface area (Å²) in [5.41, 5.74) is -0.933. The highest BCUT2D eigenvalue weighted by molar-refractivity contribution is 6.32. The van der Waals surface area contributed by atoms with Gasteiger partial charge in [-0.2, -0.15) is 13.2 Å². The maximum Gasteiger partial charge on any atom is 0.417 e. The number of alkyl halides is 3. The Labute approximate surface area is 175 Å². The molecule has 2 amide bonds. The normalized spacial score (nSPS) is 16.9. The van der Waals surface area contributed by atoms with E-state index in [1.54, 1.807) is 17.0 Å². The number of amides is 2. The first kappa shape index (κ1) is 21.9. The summed E-state index contributed by atoms with van der Waals surface area (Å²) >= 11 is 5.83. The van der Waals surface area contributed by atoms with Crippen LogP contribution in [-0.4, -0.2) is 47.9 Å². The number of piperidine rings is 1. The van der Waals surface area contributed by atoms with Gasteiger partial charge in [-0.15, -0.1) is 0 Å². The second-order valence-electron chi connectivity index (χ2n) is 6.84. The Bertz CT molecular complexity index is 890. The minimum absolute atomic E-state index is 0.104. The van der Waals surface area contributed by atoms with Crippen molar-refractivity contribution in [2.75, 3.05) is 31.5 Å². The third-order valence-corrected chi connectivity index (χ3v) is 4.98. The van der Waals surface area contributed by atoms with Gasteiger partial charge in [0.05, 0.1) is 22.8 Å². The van der Waals surface area contributed by atoms with E-state index in [1.165, 1.54) is 6.26 Å². The number of rotatable bonds is 6. The van der Waals surface area contributed by atoms with Crippen molar-refractivity contribution in [2.45, 2.75) is 19.0 Å². The Morgan fingerprint density at radius 3 is 2.80 bits per heavy atom. The van der Waals surface area contributed by atoms with Gasteiger partial charge in [-0.25, -0.2) is 4.98 Å². The summed E-state index contributed by atoms with van der Waals surface area (Å²) in [6.07, 6.45) is -1.04. The highest BCUT2D eigenvalue weighted by atomic mass is 35.5. The van der Waals surface area contributed by atoms with Gasteiger partial charge >= 0.3 is 6.18 Å². The van der Waals surface area contributed by atoms with Crippen LogP contribution in [0, 0.1) is 5.92 Å². The van der Waals surface area contributed by atoms with E-state index in [9.17, 15) is 22.8 Å². The van der Waals surface area contributed by atoms with Gasteiger partial charge in [0.15, 0.2) is 5.76 Å². The number of carbonyl (C=O) groups excluding carboxylic acids is 2. The minimum Gasteiger partial charge on any atom is -0.459 e. The van der Waals surface area contributed by atoms with E-state index in [-0.39, 0.29) is 47.4 Å². The predicted octanol–water partition coefficient (Wildman–Crippen LogP) is 3.43. The maximum absolute atomic E-state index is 12.6. The standard InChI is InChI=1S/C19H20ClF3N4O3/c20-14-9-13(19(21,22)23)10-26-16(14)24-5-6-25-17(28)12-3-1-7-27(11-12)18(29)15-4-2-8-30-15/h2,4,8-10,12H,1,3,5-7,11H2,(H,24,26)(H,25,28). The van der Waals surface area contributed by atoms with Crippen LogP contribution in [0.5, 0.6) is 0 Å². The van der Waals surface area contributed by atoms with Crippen molar-refractivity contribution in [1.29, 1.82) is 0 Å². The van der Waals surface area contributed by atoms with Gasteiger partial charge in [-0.3, -0.25) is 9.59 Å². The van der Waals surface area contributed by atoms with Gasteiger partial charge in [0.25, 0.3) is 5.91 Å². The summed E-state index contributed by atoms with van der Waals surface area (Å²) in [6, 6.07) is 4.01. The van der Waals surface area contributed by atoms with Gasteiger partial charge in [0.1, 0.15) is 5.82 Å². The van der Waals surface area contributed by atoms with Crippen LogP contribution in [0.3, 0.4) is 0 Å². The lowest BCUT2D eigenvalue weighted by Crippen LogP contribution is -2.46. The van der Waals surface area contributed by atoms with E-state index in [0.29, 0.717) is 32.1 Å². The Morgan fingerprint density at radius 2 is 2.13 bits per heavy atom. The third-order valence-electron chi connectivity index (χ3n) is 4.70. The van der Waals surface area contributed by atoms with E-state index >= 15 is 0 Å². The Hall–Kier alpha value is -2.75. The molecule has 2 aromatic heterocycles. The summed E-state index contributed by atoms with van der Waals surface area (Å²) < 4.78 is 43.0.